The third-order valence-electron chi connectivity index (χ3n) is 4.67. The SMILES string of the molecule is C[C@@H](c1ccc(Cl)cc1)N(I)C(=O)c1cccc2c(-c3ccncc3)n[nH]c12. The minimum Gasteiger partial charge on any atom is -0.276 e. The first kappa shape index (κ1) is 18.9. The number of halogens is 2. The van der Waals surface area contributed by atoms with Crippen LogP contribution in [0.3, 0.4) is 0 Å². The van der Waals surface area contributed by atoms with Crippen LogP contribution in [-0.4, -0.2) is 24.2 Å². The Morgan fingerprint density at radius 2 is 1.82 bits per heavy atom. The van der Waals surface area contributed by atoms with Gasteiger partial charge in [-0.2, -0.15) is 5.10 Å². The van der Waals surface area contributed by atoms with Crippen LogP contribution in [0.15, 0.2) is 67.0 Å². The fraction of sp³-hybridized carbons (Fsp3) is 0.0952. The molecule has 140 valence electrons. The maximum Gasteiger partial charge on any atom is 0.265 e. The summed E-state index contributed by atoms with van der Waals surface area (Å²) in [6, 6.07) is 16.9. The number of fused-ring (bicyclic) bond motifs is 1. The predicted octanol–water partition coefficient (Wildman–Crippen LogP) is 5.83. The number of rotatable bonds is 4. The molecular weight excluding hydrogens is 487 g/mol. The molecule has 0 saturated heterocycles. The number of nitrogens with one attached hydrogen (secondary N) is 1. The van der Waals surface area contributed by atoms with Crippen LogP contribution in [0.1, 0.15) is 28.9 Å². The van der Waals surface area contributed by atoms with Crippen molar-refractivity contribution in [3.63, 3.8) is 0 Å². The van der Waals surface area contributed by atoms with E-state index in [2.05, 4.69) is 38.0 Å². The number of H-pyrrole nitrogens is 1. The smallest absolute Gasteiger partial charge is 0.265 e. The largest absolute Gasteiger partial charge is 0.276 e. The molecule has 4 rings (SSSR count). The van der Waals surface area contributed by atoms with Crippen molar-refractivity contribution in [2.75, 3.05) is 0 Å². The minimum atomic E-state index is -0.108. The Morgan fingerprint density at radius 3 is 2.54 bits per heavy atom. The first-order valence-corrected chi connectivity index (χ1v) is 10.0. The summed E-state index contributed by atoms with van der Waals surface area (Å²) >= 11 is 8.04. The van der Waals surface area contributed by atoms with Crippen molar-refractivity contribution in [1.82, 2.24) is 18.3 Å². The molecule has 0 radical (unpaired) electrons. The monoisotopic (exact) mass is 502 g/mol. The molecule has 0 fully saturated rings. The molecule has 0 aliphatic heterocycles. The number of benzene rings is 2. The molecule has 1 N–H and O–H groups in total. The number of hydrogen-bond donors (Lipinski definition) is 1. The summed E-state index contributed by atoms with van der Waals surface area (Å²) in [6.45, 7) is 1.99. The minimum absolute atomic E-state index is 0.0846. The number of para-hydroxylation sites is 1. The Balaban J connectivity index is 1.69. The third-order valence-corrected chi connectivity index (χ3v) is 6.20. The molecule has 0 aliphatic rings. The molecule has 2 aromatic carbocycles. The maximum atomic E-state index is 13.2. The lowest BCUT2D eigenvalue weighted by atomic mass is 10.0. The Bertz CT molecular complexity index is 1130. The highest BCUT2D eigenvalue weighted by molar-refractivity contribution is 14.1. The van der Waals surface area contributed by atoms with Gasteiger partial charge in [-0.15, -0.1) is 0 Å². The average molecular weight is 503 g/mol. The molecule has 1 atom stereocenters. The van der Waals surface area contributed by atoms with Gasteiger partial charge in [0.25, 0.3) is 5.91 Å². The standard InChI is InChI=1S/C21H16ClIN4O/c1-13(14-5-7-16(22)8-6-14)27(23)21(28)18-4-2-3-17-19(25-26-20(17)18)15-9-11-24-12-10-15/h2-13H,1H3,(H,25,26)/t13-/m0/s1. The van der Waals surface area contributed by atoms with Gasteiger partial charge in [-0.3, -0.25) is 18.0 Å². The predicted molar refractivity (Wildman–Crippen MR) is 119 cm³/mol. The van der Waals surface area contributed by atoms with Gasteiger partial charge in [0.05, 0.1) is 40.0 Å². The average Bonchev–Trinajstić information content (AvgIpc) is 3.17. The summed E-state index contributed by atoms with van der Waals surface area (Å²) < 4.78 is 1.70. The Labute approximate surface area is 181 Å². The van der Waals surface area contributed by atoms with Gasteiger partial charge < -0.3 is 0 Å². The molecule has 28 heavy (non-hydrogen) atoms. The van der Waals surface area contributed by atoms with Gasteiger partial charge in [-0.05, 0) is 42.8 Å². The van der Waals surface area contributed by atoms with Gasteiger partial charge in [0, 0.05) is 28.4 Å². The van der Waals surface area contributed by atoms with E-state index in [9.17, 15) is 4.79 Å². The zero-order chi connectivity index (χ0) is 19.7. The molecule has 0 spiro atoms. The Morgan fingerprint density at radius 1 is 1.11 bits per heavy atom. The van der Waals surface area contributed by atoms with Crippen molar-refractivity contribution in [2.45, 2.75) is 13.0 Å². The van der Waals surface area contributed by atoms with Crippen LogP contribution in [0.25, 0.3) is 22.2 Å². The number of aromatic amines is 1. The third kappa shape index (κ3) is 3.49. The molecule has 0 saturated carbocycles. The van der Waals surface area contributed by atoms with Crippen LogP contribution in [0.4, 0.5) is 0 Å². The van der Waals surface area contributed by atoms with E-state index in [1.54, 1.807) is 15.5 Å². The van der Waals surface area contributed by atoms with Gasteiger partial charge >= 0.3 is 0 Å². The number of amides is 1. The van der Waals surface area contributed by atoms with Gasteiger partial charge in [0.15, 0.2) is 0 Å². The second-order valence-corrected chi connectivity index (χ2v) is 7.86. The Hall–Kier alpha value is -2.45. The zero-order valence-corrected chi connectivity index (χ0v) is 17.8. The number of nitrogens with zero attached hydrogens (tertiary/aromatic N) is 3. The maximum absolute atomic E-state index is 13.2. The van der Waals surface area contributed by atoms with Crippen LogP contribution >= 0.6 is 34.5 Å². The lowest BCUT2D eigenvalue weighted by Gasteiger charge is -2.23. The van der Waals surface area contributed by atoms with E-state index in [0.29, 0.717) is 10.6 Å². The van der Waals surface area contributed by atoms with Crippen LogP contribution in [-0.2, 0) is 0 Å². The van der Waals surface area contributed by atoms with Crippen LogP contribution < -0.4 is 0 Å². The summed E-state index contributed by atoms with van der Waals surface area (Å²) in [4.78, 5) is 17.3. The topological polar surface area (TPSA) is 61.9 Å². The lowest BCUT2D eigenvalue weighted by molar-refractivity contribution is 0.0863. The van der Waals surface area contributed by atoms with Crippen molar-refractivity contribution in [2.24, 2.45) is 0 Å². The number of pyridine rings is 1. The summed E-state index contributed by atoms with van der Waals surface area (Å²) in [6.07, 6.45) is 3.45. The molecule has 0 aliphatic carbocycles. The molecule has 7 heteroatoms. The van der Waals surface area contributed by atoms with Gasteiger partial charge in [-0.25, -0.2) is 0 Å². The second kappa shape index (κ2) is 7.89. The van der Waals surface area contributed by atoms with Crippen molar-refractivity contribution in [3.8, 4) is 11.3 Å². The molecule has 5 nitrogen and oxygen atoms in total. The molecule has 0 unspecified atom stereocenters. The molecule has 1 amide bonds. The van der Waals surface area contributed by atoms with E-state index in [0.717, 1.165) is 27.7 Å². The van der Waals surface area contributed by atoms with Crippen LogP contribution in [0.5, 0.6) is 0 Å². The first-order valence-electron chi connectivity index (χ1n) is 8.68. The summed E-state index contributed by atoms with van der Waals surface area (Å²) in [7, 11) is 0. The van der Waals surface area contributed by atoms with Crippen molar-refractivity contribution in [3.05, 3.63) is 83.1 Å². The zero-order valence-electron chi connectivity index (χ0n) is 14.9. The highest BCUT2D eigenvalue weighted by atomic mass is 127. The molecular formula is C21H16ClIN4O. The Kier molecular flexibility index (Phi) is 5.32. The lowest BCUT2D eigenvalue weighted by Crippen LogP contribution is -2.24. The highest BCUT2D eigenvalue weighted by Gasteiger charge is 2.23. The molecule has 4 aromatic rings. The number of carbonyl (C=O) groups excluding carboxylic acids is 1. The molecule has 2 aromatic heterocycles. The molecule has 0 bridgehead atoms. The fourth-order valence-electron chi connectivity index (χ4n) is 3.11. The van der Waals surface area contributed by atoms with E-state index in [4.69, 9.17) is 11.6 Å². The quantitative estimate of drug-likeness (QED) is 0.282. The van der Waals surface area contributed by atoms with Gasteiger partial charge in [0.1, 0.15) is 5.69 Å². The van der Waals surface area contributed by atoms with Crippen molar-refractivity contribution in [1.29, 1.82) is 0 Å². The molecule has 2 heterocycles. The van der Waals surface area contributed by atoms with E-state index in [1.807, 2.05) is 61.5 Å². The second-order valence-electron chi connectivity index (χ2n) is 6.38. The van der Waals surface area contributed by atoms with Crippen molar-refractivity contribution >= 4 is 51.3 Å². The number of hydrogen-bond acceptors (Lipinski definition) is 3. The number of carbonyl (C=O) groups is 1. The summed E-state index contributed by atoms with van der Waals surface area (Å²) in [5.41, 5.74) is 4.08. The summed E-state index contributed by atoms with van der Waals surface area (Å²) in [5.74, 6) is -0.0846. The van der Waals surface area contributed by atoms with Gasteiger partial charge in [0.2, 0.25) is 0 Å². The van der Waals surface area contributed by atoms with E-state index < -0.39 is 0 Å². The van der Waals surface area contributed by atoms with Gasteiger partial charge in [-0.1, -0.05) is 35.9 Å². The first-order chi connectivity index (χ1) is 13.6. The highest BCUT2D eigenvalue weighted by Crippen LogP contribution is 2.31. The number of aromatic nitrogens is 3. The van der Waals surface area contributed by atoms with E-state index in [1.165, 1.54) is 0 Å². The normalized spacial score (nSPS) is 12.1. The van der Waals surface area contributed by atoms with Crippen LogP contribution in [0, 0.1) is 0 Å². The summed E-state index contributed by atoms with van der Waals surface area (Å²) in [5, 5.41) is 9.06. The van der Waals surface area contributed by atoms with E-state index in [-0.39, 0.29) is 11.9 Å². The van der Waals surface area contributed by atoms with E-state index >= 15 is 0 Å². The fourth-order valence-corrected chi connectivity index (χ4v) is 3.82. The van der Waals surface area contributed by atoms with Crippen LogP contribution in [0.2, 0.25) is 5.02 Å². The van der Waals surface area contributed by atoms with Crippen molar-refractivity contribution < 1.29 is 4.79 Å².